The molecule has 0 amide bonds. The van der Waals surface area contributed by atoms with Crippen molar-refractivity contribution >= 4 is 5.97 Å². The van der Waals surface area contributed by atoms with Crippen LogP contribution in [0.1, 0.15) is 19.8 Å². The molecule has 0 N–H and O–H groups in total. The molecule has 0 aromatic heterocycles. The number of esters is 1. The predicted octanol–water partition coefficient (Wildman–Crippen LogP) is 2.97. The van der Waals surface area contributed by atoms with Gasteiger partial charge in [0.05, 0.1) is 12.7 Å². The first-order chi connectivity index (χ1) is 10.2. The molecule has 0 aliphatic heterocycles. The van der Waals surface area contributed by atoms with Crippen LogP contribution in [0, 0.1) is 11.8 Å². The average Bonchev–Trinajstić information content (AvgIpc) is 3.07. The van der Waals surface area contributed by atoms with Gasteiger partial charge < -0.3 is 14.2 Å². The highest BCUT2D eigenvalue weighted by atomic mass is 16.5. The van der Waals surface area contributed by atoms with Gasteiger partial charge in [0.15, 0.2) is 0 Å². The van der Waals surface area contributed by atoms with E-state index < -0.39 is 0 Å². The van der Waals surface area contributed by atoms with Crippen LogP contribution in [-0.2, 0) is 9.53 Å². The average molecular weight is 288 g/mol. The highest BCUT2D eigenvalue weighted by molar-refractivity contribution is 5.69. The molecule has 21 heavy (non-hydrogen) atoms. The van der Waals surface area contributed by atoms with Crippen molar-refractivity contribution in [1.29, 1.82) is 0 Å². The third-order valence-electron chi connectivity index (χ3n) is 3.99. The molecule has 0 heterocycles. The number of carbonyl (C=O) groups excluding carboxylic acids is 1. The van der Waals surface area contributed by atoms with Crippen molar-refractivity contribution in [1.82, 2.24) is 0 Å². The third-order valence-corrected chi connectivity index (χ3v) is 3.99. The Morgan fingerprint density at radius 1 is 1.10 bits per heavy atom. The van der Waals surface area contributed by atoms with E-state index in [4.69, 9.17) is 14.2 Å². The summed E-state index contributed by atoms with van der Waals surface area (Å²) in [6.07, 6.45) is 7.37. The molecule has 0 spiro atoms. The fourth-order valence-electron chi connectivity index (χ4n) is 3.05. The Bertz CT molecular complexity index is 520. The molecule has 1 saturated carbocycles. The summed E-state index contributed by atoms with van der Waals surface area (Å²) in [7, 11) is 0. The van der Waals surface area contributed by atoms with Crippen molar-refractivity contribution in [2.24, 2.45) is 11.8 Å². The molecular weight excluding hydrogens is 268 g/mol. The van der Waals surface area contributed by atoms with Crippen LogP contribution >= 0.6 is 0 Å². The van der Waals surface area contributed by atoms with Gasteiger partial charge in [-0.25, -0.2) is 0 Å². The van der Waals surface area contributed by atoms with E-state index in [1.807, 2.05) is 0 Å². The van der Waals surface area contributed by atoms with E-state index >= 15 is 0 Å². The maximum Gasteiger partial charge on any atom is 0.308 e. The van der Waals surface area contributed by atoms with Gasteiger partial charge in [-0.3, -0.25) is 4.79 Å². The fraction of sp³-hybridized carbons (Fsp3) is 0.471. The van der Waals surface area contributed by atoms with Crippen LogP contribution in [0.3, 0.4) is 0 Å². The van der Waals surface area contributed by atoms with E-state index in [-0.39, 0.29) is 5.97 Å². The van der Waals surface area contributed by atoms with Crippen LogP contribution in [0.2, 0.25) is 0 Å². The van der Waals surface area contributed by atoms with E-state index in [0.717, 1.165) is 18.1 Å². The maximum absolute atomic E-state index is 10.8. The van der Waals surface area contributed by atoms with Gasteiger partial charge in [-0.2, -0.15) is 0 Å². The smallest absolute Gasteiger partial charge is 0.308 e. The molecule has 4 heteroatoms. The normalized spacial score (nSPS) is 26.0. The van der Waals surface area contributed by atoms with Crippen molar-refractivity contribution in [3.8, 4) is 11.5 Å². The number of allylic oxidation sites excluding steroid dienone is 1. The minimum absolute atomic E-state index is 0.322. The molecule has 2 bridgehead atoms. The van der Waals surface area contributed by atoms with Crippen LogP contribution in [0.25, 0.3) is 0 Å². The zero-order chi connectivity index (χ0) is 14.7. The number of ether oxygens (including phenoxy) is 3. The zero-order valence-corrected chi connectivity index (χ0v) is 12.2. The number of hydrogen-bond donors (Lipinski definition) is 0. The Kier molecular flexibility index (Phi) is 4.25. The van der Waals surface area contributed by atoms with E-state index in [2.05, 4.69) is 12.2 Å². The second-order valence-corrected chi connectivity index (χ2v) is 5.60. The van der Waals surface area contributed by atoms with Gasteiger partial charge in [0, 0.05) is 12.8 Å². The molecule has 1 aromatic carbocycles. The highest BCUT2D eigenvalue weighted by Crippen LogP contribution is 2.40. The van der Waals surface area contributed by atoms with Crippen molar-refractivity contribution in [2.75, 3.05) is 13.2 Å². The highest BCUT2D eigenvalue weighted by Gasteiger charge is 2.36. The molecule has 3 unspecified atom stereocenters. The minimum Gasteiger partial charge on any atom is -0.491 e. The van der Waals surface area contributed by atoms with Crippen molar-refractivity contribution < 1.29 is 19.0 Å². The molecule has 2 aliphatic carbocycles. The molecule has 3 atom stereocenters. The van der Waals surface area contributed by atoms with Crippen LogP contribution in [0.5, 0.6) is 11.5 Å². The standard InChI is InChI=1S/C17H20O4/c1-12(18)21-16-6-4-15(5-7-16)19-8-9-20-17-11-13-2-3-14(17)10-13/h2-7,13-14,17H,8-11H2,1H3. The molecule has 0 radical (unpaired) electrons. The first kappa shape index (κ1) is 14.1. The summed E-state index contributed by atoms with van der Waals surface area (Å²) >= 11 is 0. The van der Waals surface area contributed by atoms with Crippen molar-refractivity contribution in [2.45, 2.75) is 25.9 Å². The minimum atomic E-state index is -0.322. The number of carbonyl (C=O) groups is 1. The van der Waals surface area contributed by atoms with Crippen LogP contribution in [-0.4, -0.2) is 25.3 Å². The van der Waals surface area contributed by atoms with Crippen LogP contribution in [0.4, 0.5) is 0 Å². The van der Waals surface area contributed by atoms with Gasteiger partial charge in [0.1, 0.15) is 18.1 Å². The summed E-state index contributed by atoms with van der Waals surface area (Å²) in [6.45, 7) is 2.52. The van der Waals surface area contributed by atoms with Crippen molar-refractivity contribution in [3.05, 3.63) is 36.4 Å². The Balaban J connectivity index is 1.37. The molecule has 2 aliphatic rings. The Morgan fingerprint density at radius 3 is 2.48 bits per heavy atom. The van der Waals surface area contributed by atoms with Gasteiger partial charge in [-0.15, -0.1) is 0 Å². The lowest BCUT2D eigenvalue weighted by Crippen LogP contribution is -2.21. The largest absolute Gasteiger partial charge is 0.491 e. The first-order valence-electron chi connectivity index (χ1n) is 7.42. The third kappa shape index (κ3) is 3.64. The molecular formula is C17H20O4. The summed E-state index contributed by atoms with van der Waals surface area (Å²) in [5, 5.41) is 0. The lowest BCUT2D eigenvalue weighted by Gasteiger charge is -2.18. The summed E-state index contributed by atoms with van der Waals surface area (Å²) in [4.78, 5) is 10.8. The molecule has 1 aromatic rings. The Labute approximate surface area is 124 Å². The summed E-state index contributed by atoms with van der Waals surface area (Å²) in [5.74, 6) is 2.30. The molecule has 112 valence electrons. The lowest BCUT2D eigenvalue weighted by atomic mass is 10.1. The second kappa shape index (κ2) is 6.31. The van der Waals surface area contributed by atoms with E-state index in [0.29, 0.717) is 31.0 Å². The molecule has 3 rings (SSSR count). The number of rotatable bonds is 6. The predicted molar refractivity (Wildman–Crippen MR) is 78.3 cm³/mol. The monoisotopic (exact) mass is 288 g/mol. The van der Waals surface area contributed by atoms with Gasteiger partial charge in [-0.1, -0.05) is 12.2 Å². The maximum atomic E-state index is 10.8. The summed E-state index contributed by atoms with van der Waals surface area (Å²) in [6, 6.07) is 7.02. The fourth-order valence-corrected chi connectivity index (χ4v) is 3.05. The number of hydrogen-bond acceptors (Lipinski definition) is 4. The molecule has 1 fully saturated rings. The number of fused-ring (bicyclic) bond motifs is 2. The number of benzene rings is 1. The van der Waals surface area contributed by atoms with Gasteiger partial charge in [0.2, 0.25) is 0 Å². The molecule has 4 nitrogen and oxygen atoms in total. The molecule has 0 saturated heterocycles. The topological polar surface area (TPSA) is 44.8 Å². The van der Waals surface area contributed by atoms with E-state index in [9.17, 15) is 4.79 Å². The summed E-state index contributed by atoms with van der Waals surface area (Å²) < 4.78 is 16.5. The Hall–Kier alpha value is -1.81. The Morgan fingerprint density at radius 2 is 1.86 bits per heavy atom. The van der Waals surface area contributed by atoms with Gasteiger partial charge >= 0.3 is 5.97 Å². The van der Waals surface area contributed by atoms with Gasteiger partial charge in [-0.05, 0) is 43.0 Å². The van der Waals surface area contributed by atoms with E-state index in [1.165, 1.54) is 13.3 Å². The summed E-state index contributed by atoms with van der Waals surface area (Å²) in [5.41, 5.74) is 0. The quantitative estimate of drug-likeness (QED) is 0.349. The zero-order valence-electron chi connectivity index (χ0n) is 12.2. The lowest BCUT2D eigenvalue weighted by molar-refractivity contribution is -0.131. The second-order valence-electron chi connectivity index (χ2n) is 5.60. The van der Waals surface area contributed by atoms with Crippen molar-refractivity contribution in [3.63, 3.8) is 0 Å². The van der Waals surface area contributed by atoms with E-state index in [1.54, 1.807) is 24.3 Å². The first-order valence-corrected chi connectivity index (χ1v) is 7.42. The van der Waals surface area contributed by atoms with Gasteiger partial charge in [0.25, 0.3) is 0 Å². The SMILES string of the molecule is CC(=O)Oc1ccc(OCCOC2CC3C=CC2C3)cc1. The van der Waals surface area contributed by atoms with Crippen LogP contribution < -0.4 is 9.47 Å². The van der Waals surface area contributed by atoms with Crippen LogP contribution in [0.15, 0.2) is 36.4 Å².